The predicted molar refractivity (Wildman–Crippen MR) is 45.5 cm³/mol. The Morgan fingerprint density at radius 1 is 1.46 bits per heavy atom. The molecule has 0 aromatic carbocycles. The van der Waals surface area contributed by atoms with Crippen molar-refractivity contribution in [1.82, 2.24) is 5.32 Å². The number of hydrogen-bond acceptors (Lipinski definition) is 4. The second-order valence-electron chi connectivity index (χ2n) is 2.52. The number of carbonyl (C=O) groups is 3. The zero-order chi connectivity index (χ0) is 10.3. The summed E-state index contributed by atoms with van der Waals surface area (Å²) in [6.45, 7) is -0.0664. The minimum Gasteiger partial charge on any atom is -0.370 e. The molecule has 13 heavy (non-hydrogen) atoms. The van der Waals surface area contributed by atoms with Crippen LogP contribution in [0.4, 0.5) is 0 Å². The number of nitrogens with one attached hydrogen (secondary N) is 1. The Labute approximate surface area is 75.6 Å². The fourth-order valence-corrected chi connectivity index (χ4v) is 0.702. The van der Waals surface area contributed by atoms with Gasteiger partial charge in [-0.05, 0) is 6.42 Å². The van der Waals surface area contributed by atoms with Crippen LogP contribution in [-0.4, -0.2) is 30.7 Å². The monoisotopic (exact) mass is 187 g/mol. The minimum absolute atomic E-state index is 0.0652. The molecule has 6 heteroatoms. The van der Waals surface area contributed by atoms with Crippen molar-refractivity contribution in [1.29, 1.82) is 0 Å². The van der Waals surface area contributed by atoms with Gasteiger partial charge in [-0.3, -0.25) is 9.59 Å². The van der Waals surface area contributed by atoms with Gasteiger partial charge in [-0.1, -0.05) is 0 Å². The molecule has 5 N–H and O–H groups in total. The first-order valence-electron chi connectivity index (χ1n) is 3.83. The Morgan fingerprint density at radius 2 is 2.08 bits per heavy atom. The number of amides is 2. The van der Waals surface area contributed by atoms with Gasteiger partial charge in [0.05, 0.1) is 12.6 Å². The highest BCUT2D eigenvalue weighted by atomic mass is 16.2. The molecule has 0 spiro atoms. The lowest BCUT2D eigenvalue weighted by Crippen LogP contribution is -2.41. The molecular weight excluding hydrogens is 174 g/mol. The van der Waals surface area contributed by atoms with E-state index >= 15 is 0 Å². The molecule has 0 saturated heterocycles. The molecule has 0 radical (unpaired) electrons. The third-order valence-electron chi connectivity index (χ3n) is 1.40. The van der Waals surface area contributed by atoms with Gasteiger partial charge in [0.25, 0.3) is 0 Å². The molecule has 0 aromatic rings. The molecule has 0 aromatic heterocycles. The van der Waals surface area contributed by atoms with Crippen LogP contribution in [0.2, 0.25) is 0 Å². The maximum absolute atomic E-state index is 11.0. The van der Waals surface area contributed by atoms with Gasteiger partial charge in [-0.25, -0.2) is 0 Å². The van der Waals surface area contributed by atoms with Crippen molar-refractivity contribution in [3.05, 3.63) is 0 Å². The van der Waals surface area contributed by atoms with Crippen molar-refractivity contribution < 1.29 is 14.4 Å². The van der Waals surface area contributed by atoms with Crippen molar-refractivity contribution >= 4 is 18.1 Å². The summed E-state index contributed by atoms with van der Waals surface area (Å²) >= 11 is 0. The summed E-state index contributed by atoms with van der Waals surface area (Å²) in [4.78, 5) is 31.2. The Kier molecular flexibility index (Phi) is 5.45. The number of nitrogens with two attached hydrogens (primary N) is 2. The van der Waals surface area contributed by atoms with Gasteiger partial charge in [0, 0.05) is 6.42 Å². The first kappa shape index (κ1) is 11.6. The number of carbonyl (C=O) groups excluding carboxylic acids is 3. The lowest BCUT2D eigenvalue weighted by Gasteiger charge is -2.08. The summed E-state index contributed by atoms with van der Waals surface area (Å²) in [5.41, 5.74) is 10.2. The van der Waals surface area contributed by atoms with E-state index in [0.717, 1.165) is 0 Å². The van der Waals surface area contributed by atoms with Crippen LogP contribution in [0.5, 0.6) is 0 Å². The lowest BCUT2D eigenvalue weighted by atomic mass is 10.1. The molecule has 74 valence electrons. The molecule has 0 aliphatic rings. The van der Waals surface area contributed by atoms with E-state index in [0.29, 0.717) is 6.29 Å². The molecule has 0 bridgehead atoms. The molecule has 0 unspecified atom stereocenters. The smallest absolute Gasteiger partial charge is 0.237 e. The van der Waals surface area contributed by atoms with Gasteiger partial charge >= 0.3 is 0 Å². The molecule has 0 fully saturated rings. The number of rotatable bonds is 6. The second kappa shape index (κ2) is 6.13. The van der Waals surface area contributed by atoms with E-state index in [1.54, 1.807) is 0 Å². The first-order chi connectivity index (χ1) is 6.07. The van der Waals surface area contributed by atoms with Crippen LogP contribution in [0.3, 0.4) is 0 Å². The quantitative estimate of drug-likeness (QED) is 0.413. The van der Waals surface area contributed by atoms with E-state index < -0.39 is 17.9 Å². The topological polar surface area (TPSA) is 115 Å². The largest absolute Gasteiger partial charge is 0.370 e. The maximum Gasteiger partial charge on any atom is 0.237 e. The van der Waals surface area contributed by atoms with E-state index in [9.17, 15) is 14.4 Å². The fourth-order valence-electron chi connectivity index (χ4n) is 0.702. The molecule has 0 heterocycles. The Balaban J connectivity index is 3.68. The number of hydrogen-bond donors (Lipinski definition) is 3. The Bertz CT molecular complexity index is 205. The van der Waals surface area contributed by atoms with Gasteiger partial charge in [-0.15, -0.1) is 0 Å². The average Bonchev–Trinajstić information content (AvgIpc) is 2.10. The Hall–Kier alpha value is -1.43. The molecule has 1 atom stereocenters. The van der Waals surface area contributed by atoms with E-state index in [1.165, 1.54) is 0 Å². The van der Waals surface area contributed by atoms with Crippen molar-refractivity contribution in [2.75, 3.05) is 6.54 Å². The third kappa shape index (κ3) is 5.80. The van der Waals surface area contributed by atoms with Crippen molar-refractivity contribution in [2.24, 2.45) is 11.5 Å². The molecule has 6 nitrogen and oxygen atoms in total. The number of aldehydes is 1. The van der Waals surface area contributed by atoms with Gasteiger partial charge < -0.3 is 21.6 Å². The zero-order valence-corrected chi connectivity index (χ0v) is 7.16. The first-order valence-corrected chi connectivity index (χ1v) is 3.83. The SMILES string of the molecule is NC(=O)CC[C@@H](N)C(=O)NCC=O. The van der Waals surface area contributed by atoms with E-state index in [4.69, 9.17) is 11.5 Å². The Morgan fingerprint density at radius 3 is 2.54 bits per heavy atom. The van der Waals surface area contributed by atoms with Crippen LogP contribution in [0, 0.1) is 0 Å². The van der Waals surface area contributed by atoms with E-state index in [1.807, 2.05) is 0 Å². The van der Waals surface area contributed by atoms with Crippen LogP contribution >= 0.6 is 0 Å². The average molecular weight is 187 g/mol. The lowest BCUT2D eigenvalue weighted by molar-refractivity contribution is -0.124. The normalized spacial score (nSPS) is 11.8. The summed E-state index contributed by atoms with van der Waals surface area (Å²) in [6, 6.07) is -0.785. The van der Waals surface area contributed by atoms with Crippen LogP contribution in [0.15, 0.2) is 0 Å². The summed E-state index contributed by atoms with van der Waals surface area (Å²) in [6.07, 6.45) is 0.814. The van der Waals surface area contributed by atoms with Gasteiger partial charge in [0.2, 0.25) is 11.8 Å². The highest BCUT2D eigenvalue weighted by Crippen LogP contribution is 1.92. The second-order valence-corrected chi connectivity index (χ2v) is 2.52. The molecular formula is C7H13N3O3. The fraction of sp³-hybridized carbons (Fsp3) is 0.571. The van der Waals surface area contributed by atoms with Crippen LogP contribution in [0.25, 0.3) is 0 Å². The summed E-state index contributed by atoms with van der Waals surface area (Å²) in [7, 11) is 0. The third-order valence-corrected chi connectivity index (χ3v) is 1.40. The highest BCUT2D eigenvalue weighted by molar-refractivity contribution is 5.84. The van der Waals surface area contributed by atoms with Crippen molar-refractivity contribution in [3.63, 3.8) is 0 Å². The summed E-state index contributed by atoms with van der Waals surface area (Å²) < 4.78 is 0. The van der Waals surface area contributed by atoms with Gasteiger partial charge in [-0.2, -0.15) is 0 Å². The van der Waals surface area contributed by atoms with Crippen molar-refractivity contribution in [3.8, 4) is 0 Å². The molecule has 0 aliphatic heterocycles. The minimum atomic E-state index is -0.785. The predicted octanol–water partition coefficient (Wildman–Crippen LogP) is -2.11. The maximum atomic E-state index is 11.0. The molecule has 0 saturated carbocycles. The van der Waals surface area contributed by atoms with Crippen LogP contribution < -0.4 is 16.8 Å². The highest BCUT2D eigenvalue weighted by Gasteiger charge is 2.12. The molecule has 0 rings (SSSR count). The summed E-state index contributed by atoms with van der Waals surface area (Å²) in [5, 5.41) is 2.27. The standard InChI is InChI=1S/C7H13N3O3/c8-5(1-2-6(9)12)7(13)10-3-4-11/h4-5H,1-3,8H2,(H2,9,12)(H,10,13)/t5-/m1/s1. The van der Waals surface area contributed by atoms with E-state index in [2.05, 4.69) is 5.32 Å². The van der Waals surface area contributed by atoms with Gasteiger partial charge in [0.1, 0.15) is 6.29 Å². The van der Waals surface area contributed by atoms with Gasteiger partial charge in [0.15, 0.2) is 0 Å². The number of primary amides is 1. The van der Waals surface area contributed by atoms with Crippen LogP contribution in [-0.2, 0) is 14.4 Å². The molecule has 2 amide bonds. The summed E-state index contributed by atoms with van der Waals surface area (Å²) in [5.74, 6) is -0.952. The zero-order valence-electron chi connectivity index (χ0n) is 7.16. The van der Waals surface area contributed by atoms with E-state index in [-0.39, 0.29) is 19.4 Å². The van der Waals surface area contributed by atoms with Crippen molar-refractivity contribution in [2.45, 2.75) is 18.9 Å². The molecule has 0 aliphatic carbocycles. The van der Waals surface area contributed by atoms with Crippen LogP contribution in [0.1, 0.15) is 12.8 Å².